The van der Waals surface area contributed by atoms with Gasteiger partial charge in [-0.2, -0.15) is 0 Å². The number of pyridine rings is 1. The normalized spacial score (nSPS) is 11.2. The van der Waals surface area contributed by atoms with E-state index in [4.69, 9.17) is 11.6 Å². The van der Waals surface area contributed by atoms with Crippen molar-refractivity contribution in [1.82, 2.24) is 4.98 Å². The fourth-order valence-electron chi connectivity index (χ4n) is 1.51. The number of aromatic nitrogens is 1. The average Bonchev–Trinajstić information content (AvgIpc) is 2.41. The van der Waals surface area contributed by atoms with Crippen LogP contribution in [0.2, 0.25) is 5.02 Å². The zero-order valence-electron chi connectivity index (χ0n) is 10.8. The van der Waals surface area contributed by atoms with E-state index in [9.17, 15) is 13.2 Å². The zero-order valence-corrected chi connectivity index (χ0v) is 14.5. The van der Waals surface area contributed by atoms with Gasteiger partial charge in [0.1, 0.15) is 0 Å². The van der Waals surface area contributed by atoms with Crippen LogP contribution in [-0.2, 0) is 9.84 Å². The lowest BCUT2D eigenvalue weighted by atomic mass is 10.2. The van der Waals surface area contributed by atoms with Gasteiger partial charge in [0.2, 0.25) is 0 Å². The first kappa shape index (κ1) is 16.2. The molecule has 1 amide bonds. The molecule has 1 aromatic carbocycles. The third-order valence-electron chi connectivity index (χ3n) is 2.56. The quantitative estimate of drug-likeness (QED) is 0.751. The Labute approximate surface area is 140 Å². The number of hydrogen-bond acceptors (Lipinski definition) is 4. The van der Waals surface area contributed by atoms with Crippen molar-refractivity contribution in [1.29, 1.82) is 0 Å². The molecule has 1 aromatic heterocycles. The minimum atomic E-state index is -3.35. The highest BCUT2D eigenvalue weighted by Gasteiger charge is 2.11. The summed E-state index contributed by atoms with van der Waals surface area (Å²) in [6.07, 6.45) is 2.36. The second kappa shape index (κ2) is 6.29. The molecule has 0 spiro atoms. The van der Waals surface area contributed by atoms with Crippen molar-refractivity contribution in [2.75, 3.05) is 11.6 Å². The summed E-state index contributed by atoms with van der Waals surface area (Å²) in [5.74, 6) is -0.345. The molecule has 0 aliphatic rings. The summed E-state index contributed by atoms with van der Waals surface area (Å²) in [4.78, 5) is 15.8. The number of benzene rings is 1. The molecular formula is C13H10ClIN2O3S. The molecule has 5 nitrogen and oxygen atoms in total. The smallest absolute Gasteiger partial charge is 0.255 e. The van der Waals surface area contributed by atoms with Crippen molar-refractivity contribution in [3.8, 4) is 0 Å². The highest BCUT2D eigenvalue weighted by atomic mass is 127. The number of halogens is 2. The van der Waals surface area contributed by atoms with E-state index in [0.717, 1.165) is 9.83 Å². The van der Waals surface area contributed by atoms with E-state index in [0.29, 0.717) is 16.3 Å². The molecular weight excluding hydrogens is 427 g/mol. The van der Waals surface area contributed by atoms with E-state index in [2.05, 4.69) is 32.9 Å². The number of nitrogens with one attached hydrogen (secondary N) is 1. The van der Waals surface area contributed by atoms with Crippen LogP contribution in [0.3, 0.4) is 0 Å². The first-order valence-electron chi connectivity index (χ1n) is 5.70. The molecule has 0 saturated carbocycles. The van der Waals surface area contributed by atoms with Gasteiger partial charge in [0.25, 0.3) is 5.91 Å². The van der Waals surface area contributed by atoms with Crippen LogP contribution < -0.4 is 5.32 Å². The summed E-state index contributed by atoms with van der Waals surface area (Å²) in [6, 6.07) is 7.78. The summed E-state index contributed by atoms with van der Waals surface area (Å²) < 4.78 is 23.4. The molecule has 1 N–H and O–H groups in total. The van der Waals surface area contributed by atoms with Crippen molar-refractivity contribution >= 4 is 55.6 Å². The topological polar surface area (TPSA) is 76.1 Å². The number of rotatable bonds is 3. The highest BCUT2D eigenvalue weighted by Crippen LogP contribution is 2.20. The van der Waals surface area contributed by atoms with Gasteiger partial charge >= 0.3 is 0 Å². The van der Waals surface area contributed by atoms with Crippen molar-refractivity contribution in [2.24, 2.45) is 0 Å². The van der Waals surface area contributed by atoms with E-state index in [1.54, 1.807) is 18.2 Å². The van der Waals surface area contributed by atoms with Gasteiger partial charge in [-0.25, -0.2) is 13.4 Å². The minimum absolute atomic E-state index is 0.0437. The Balaban J connectivity index is 2.18. The van der Waals surface area contributed by atoms with Crippen LogP contribution in [0.15, 0.2) is 41.6 Å². The highest BCUT2D eigenvalue weighted by molar-refractivity contribution is 14.1. The fourth-order valence-corrected chi connectivity index (χ4v) is 2.59. The monoisotopic (exact) mass is 436 g/mol. The van der Waals surface area contributed by atoms with Crippen molar-refractivity contribution in [3.05, 3.63) is 50.7 Å². The molecule has 1 heterocycles. The molecule has 0 unspecified atom stereocenters. The van der Waals surface area contributed by atoms with Crippen LogP contribution in [0.25, 0.3) is 0 Å². The maximum atomic E-state index is 12.0. The lowest BCUT2D eigenvalue weighted by molar-refractivity contribution is 0.102. The third kappa shape index (κ3) is 4.14. The molecule has 21 heavy (non-hydrogen) atoms. The van der Waals surface area contributed by atoms with Gasteiger partial charge in [-0.3, -0.25) is 4.79 Å². The maximum Gasteiger partial charge on any atom is 0.255 e. The Morgan fingerprint density at radius 3 is 2.52 bits per heavy atom. The maximum absolute atomic E-state index is 12.0. The number of sulfone groups is 1. The second-order valence-corrected chi connectivity index (χ2v) is 7.77. The fraction of sp³-hybridized carbons (Fsp3) is 0.0769. The van der Waals surface area contributed by atoms with Gasteiger partial charge in [-0.1, -0.05) is 11.6 Å². The molecule has 0 aliphatic heterocycles. The van der Waals surface area contributed by atoms with E-state index in [1.807, 2.05) is 0 Å². The molecule has 0 aliphatic carbocycles. The molecule has 2 aromatic rings. The molecule has 0 bridgehead atoms. The Bertz CT molecular complexity index is 792. The Kier molecular flexibility index (Phi) is 4.84. The molecule has 2 rings (SSSR count). The largest absolute Gasteiger partial charge is 0.321 e. The summed E-state index contributed by atoms with van der Waals surface area (Å²) in [5.41, 5.74) is 0.815. The lowest BCUT2D eigenvalue weighted by Crippen LogP contribution is -2.12. The summed E-state index contributed by atoms with van der Waals surface area (Å²) in [7, 11) is -3.35. The van der Waals surface area contributed by atoms with Gasteiger partial charge in [-0.15, -0.1) is 0 Å². The molecule has 0 saturated heterocycles. The van der Waals surface area contributed by atoms with Gasteiger partial charge in [0, 0.05) is 15.4 Å². The molecule has 0 fully saturated rings. The van der Waals surface area contributed by atoms with Crippen LogP contribution in [0, 0.1) is 3.57 Å². The van der Waals surface area contributed by atoms with Crippen LogP contribution in [-0.4, -0.2) is 25.6 Å². The number of carbonyl (C=O) groups is 1. The Morgan fingerprint density at radius 1 is 1.29 bits per heavy atom. The number of carbonyl (C=O) groups excluding carboxylic acids is 1. The Hall–Kier alpha value is -1.19. The zero-order chi connectivity index (χ0) is 15.6. The summed E-state index contributed by atoms with van der Waals surface area (Å²) in [6.45, 7) is 0. The van der Waals surface area contributed by atoms with Gasteiger partial charge in [-0.05, 0) is 52.9 Å². The first-order valence-corrected chi connectivity index (χ1v) is 9.05. The van der Waals surface area contributed by atoms with Gasteiger partial charge in [0.15, 0.2) is 14.9 Å². The van der Waals surface area contributed by atoms with Crippen LogP contribution in [0.5, 0.6) is 0 Å². The molecule has 110 valence electrons. The predicted octanol–water partition coefficient (Wildman–Crippen LogP) is 3.00. The number of amides is 1. The average molecular weight is 437 g/mol. The van der Waals surface area contributed by atoms with Crippen LogP contribution >= 0.6 is 34.2 Å². The minimum Gasteiger partial charge on any atom is -0.321 e. The lowest BCUT2D eigenvalue weighted by Gasteiger charge is -2.06. The van der Waals surface area contributed by atoms with Crippen molar-refractivity contribution in [2.45, 2.75) is 5.03 Å². The van der Waals surface area contributed by atoms with Crippen LogP contribution in [0.4, 0.5) is 5.69 Å². The van der Waals surface area contributed by atoms with Crippen molar-refractivity contribution in [3.63, 3.8) is 0 Å². The van der Waals surface area contributed by atoms with E-state index in [1.165, 1.54) is 18.3 Å². The van der Waals surface area contributed by atoms with Gasteiger partial charge < -0.3 is 5.32 Å². The standard InChI is InChI=1S/C13H10ClIN2O3S/c1-21(19,20)12-5-3-9(7-16-12)17-13(18)8-2-4-11(15)10(14)6-8/h2-7H,1H3,(H,17,18). The van der Waals surface area contributed by atoms with Crippen LogP contribution in [0.1, 0.15) is 10.4 Å². The van der Waals surface area contributed by atoms with E-state index >= 15 is 0 Å². The number of anilines is 1. The SMILES string of the molecule is CS(=O)(=O)c1ccc(NC(=O)c2ccc(I)c(Cl)c2)cn1. The third-order valence-corrected chi connectivity index (χ3v) is 5.13. The summed E-state index contributed by atoms with van der Waals surface area (Å²) in [5, 5.41) is 3.08. The summed E-state index contributed by atoms with van der Waals surface area (Å²) >= 11 is 8.03. The molecule has 0 atom stereocenters. The number of hydrogen-bond donors (Lipinski definition) is 1. The van der Waals surface area contributed by atoms with E-state index < -0.39 is 9.84 Å². The van der Waals surface area contributed by atoms with E-state index in [-0.39, 0.29) is 10.9 Å². The first-order chi connectivity index (χ1) is 9.77. The predicted molar refractivity (Wildman–Crippen MR) is 89.5 cm³/mol. The van der Waals surface area contributed by atoms with Gasteiger partial charge in [0.05, 0.1) is 16.9 Å². The molecule has 0 radical (unpaired) electrons. The molecule has 8 heteroatoms. The Morgan fingerprint density at radius 2 is 2.00 bits per heavy atom. The second-order valence-electron chi connectivity index (χ2n) is 4.24. The van der Waals surface area contributed by atoms with Crippen molar-refractivity contribution < 1.29 is 13.2 Å². The number of nitrogens with zero attached hydrogens (tertiary/aromatic N) is 1.